The summed E-state index contributed by atoms with van der Waals surface area (Å²) in [7, 11) is 0. The fourth-order valence-electron chi connectivity index (χ4n) is 4.85. The van der Waals surface area contributed by atoms with Crippen molar-refractivity contribution < 1.29 is 14.4 Å². The summed E-state index contributed by atoms with van der Waals surface area (Å²) >= 11 is 12.8. The normalized spacial score (nSPS) is 15.1. The Morgan fingerprint density at radius 2 is 1.77 bits per heavy atom. The monoisotopic (exact) mass is 569 g/mol. The molecule has 10 heteroatoms. The maximum Gasteiger partial charge on any atom is 0.265 e. The van der Waals surface area contributed by atoms with Crippen molar-refractivity contribution in [1.82, 2.24) is 19.4 Å². The highest BCUT2D eigenvalue weighted by molar-refractivity contribution is 6.34. The zero-order chi connectivity index (χ0) is 27.8. The molecule has 8 nitrogen and oxygen atoms in total. The number of benzene rings is 2. The predicted octanol–water partition coefficient (Wildman–Crippen LogP) is 5.63. The van der Waals surface area contributed by atoms with E-state index in [-0.39, 0.29) is 35.7 Å². The lowest BCUT2D eigenvalue weighted by molar-refractivity contribution is -0.120. The molecule has 198 valence electrons. The van der Waals surface area contributed by atoms with Gasteiger partial charge >= 0.3 is 0 Å². The third-order valence-electron chi connectivity index (χ3n) is 6.82. The SMILES string of the molecule is O=C1Nc2cc(Cl)ccc2C(=O)N(Cc2ccc(C(=O)n3ccc4cccnc43)c(Cl)c2)C1Cc1ccccn1. The number of halogens is 2. The maximum absolute atomic E-state index is 13.8. The molecular formula is C30H21Cl2N5O3. The lowest BCUT2D eigenvalue weighted by atomic mass is 10.0. The molecule has 0 radical (unpaired) electrons. The van der Waals surface area contributed by atoms with Gasteiger partial charge in [0.2, 0.25) is 5.91 Å². The first-order valence-corrected chi connectivity index (χ1v) is 13.2. The first kappa shape index (κ1) is 25.7. The Kier molecular flexibility index (Phi) is 6.79. The van der Waals surface area contributed by atoms with Crippen LogP contribution in [0.3, 0.4) is 0 Å². The van der Waals surface area contributed by atoms with Crippen molar-refractivity contribution in [3.05, 3.63) is 124 Å². The molecule has 0 saturated carbocycles. The van der Waals surface area contributed by atoms with E-state index in [9.17, 15) is 14.4 Å². The summed E-state index contributed by atoms with van der Waals surface area (Å²) in [5.74, 6) is -1.02. The number of hydrogen-bond acceptors (Lipinski definition) is 5. The maximum atomic E-state index is 13.8. The fraction of sp³-hybridized carbons (Fsp3) is 0.100. The molecule has 1 N–H and O–H groups in total. The van der Waals surface area contributed by atoms with E-state index in [0.29, 0.717) is 38.7 Å². The van der Waals surface area contributed by atoms with Crippen LogP contribution in [-0.4, -0.2) is 43.2 Å². The lowest BCUT2D eigenvalue weighted by Gasteiger charge is -2.29. The second-order valence-electron chi connectivity index (χ2n) is 9.37. The van der Waals surface area contributed by atoms with Gasteiger partial charge in [-0.05, 0) is 66.2 Å². The molecule has 1 atom stereocenters. The summed E-state index contributed by atoms with van der Waals surface area (Å²) < 4.78 is 1.45. The van der Waals surface area contributed by atoms with Gasteiger partial charge in [-0.25, -0.2) is 4.98 Å². The van der Waals surface area contributed by atoms with E-state index in [1.165, 1.54) is 9.47 Å². The summed E-state index contributed by atoms with van der Waals surface area (Å²) in [5, 5.41) is 4.31. The summed E-state index contributed by atoms with van der Waals surface area (Å²) in [4.78, 5) is 50.7. The molecule has 0 bridgehead atoms. The van der Waals surface area contributed by atoms with Crippen molar-refractivity contribution in [3.63, 3.8) is 0 Å². The molecule has 0 saturated heterocycles. The number of hydrogen-bond donors (Lipinski definition) is 1. The number of rotatable bonds is 5. The zero-order valence-electron chi connectivity index (χ0n) is 20.9. The molecule has 1 unspecified atom stereocenters. The highest BCUT2D eigenvalue weighted by atomic mass is 35.5. The van der Waals surface area contributed by atoms with Crippen LogP contribution < -0.4 is 5.32 Å². The third-order valence-corrected chi connectivity index (χ3v) is 7.37. The minimum atomic E-state index is -0.856. The van der Waals surface area contributed by atoms with Crippen LogP contribution in [-0.2, 0) is 17.8 Å². The van der Waals surface area contributed by atoms with Crippen molar-refractivity contribution in [2.45, 2.75) is 19.0 Å². The Labute approximate surface area is 239 Å². The number of carbonyl (C=O) groups excluding carboxylic acids is 3. The number of anilines is 1. The van der Waals surface area contributed by atoms with E-state index in [4.69, 9.17) is 23.2 Å². The predicted molar refractivity (Wildman–Crippen MR) is 153 cm³/mol. The van der Waals surface area contributed by atoms with Crippen LogP contribution in [0.4, 0.5) is 5.69 Å². The number of nitrogens with one attached hydrogen (secondary N) is 1. The number of aromatic nitrogens is 3. The fourth-order valence-corrected chi connectivity index (χ4v) is 5.31. The molecule has 1 aliphatic heterocycles. The second-order valence-corrected chi connectivity index (χ2v) is 10.2. The van der Waals surface area contributed by atoms with Crippen LogP contribution in [0.2, 0.25) is 10.0 Å². The van der Waals surface area contributed by atoms with Crippen LogP contribution in [0, 0.1) is 0 Å². The molecular weight excluding hydrogens is 549 g/mol. The quantitative estimate of drug-likeness (QED) is 0.295. The molecule has 2 amide bonds. The van der Waals surface area contributed by atoms with Crippen LogP contribution in [0.1, 0.15) is 32.0 Å². The number of fused-ring (bicyclic) bond motifs is 2. The molecule has 4 heterocycles. The summed E-state index contributed by atoms with van der Waals surface area (Å²) in [5.41, 5.74) is 2.81. The number of pyridine rings is 2. The number of nitrogens with zero attached hydrogens (tertiary/aromatic N) is 4. The van der Waals surface area contributed by atoms with Gasteiger partial charge in [0.05, 0.1) is 21.8 Å². The Balaban J connectivity index is 1.34. The highest BCUT2D eigenvalue weighted by Crippen LogP contribution is 2.30. The Hall–Kier alpha value is -4.53. The van der Waals surface area contributed by atoms with Crippen LogP contribution in [0.25, 0.3) is 11.0 Å². The van der Waals surface area contributed by atoms with Crippen molar-refractivity contribution in [3.8, 4) is 0 Å². The van der Waals surface area contributed by atoms with Gasteiger partial charge in [0.25, 0.3) is 11.8 Å². The van der Waals surface area contributed by atoms with Crippen LogP contribution in [0.15, 0.2) is 91.4 Å². The molecule has 0 spiro atoms. The van der Waals surface area contributed by atoms with Gasteiger partial charge in [-0.2, -0.15) is 0 Å². The Bertz CT molecular complexity index is 1790. The van der Waals surface area contributed by atoms with E-state index in [1.54, 1.807) is 67.1 Å². The number of carbonyl (C=O) groups is 3. The largest absolute Gasteiger partial charge is 0.323 e. The van der Waals surface area contributed by atoms with Crippen molar-refractivity contribution in [2.75, 3.05) is 5.32 Å². The molecule has 40 heavy (non-hydrogen) atoms. The Morgan fingerprint density at radius 1 is 0.925 bits per heavy atom. The minimum absolute atomic E-state index is 0.0774. The van der Waals surface area contributed by atoms with E-state index in [0.717, 1.165) is 5.39 Å². The summed E-state index contributed by atoms with van der Waals surface area (Å²) in [6, 6.07) is 19.8. The highest BCUT2D eigenvalue weighted by Gasteiger charge is 2.36. The molecule has 2 aromatic carbocycles. The smallest absolute Gasteiger partial charge is 0.265 e. The van der Waals surface area contributed by atoms with Gasteiger partial charge in [0.15, 0.2) is 0 Å². The molecule has 1 aliphatic rings. The minimum Gasteiger partial charge on any atom is -0.323 e. The average Bonchev–Trinajstić information content (AvgIpc) is 3.36. The lowest BCUT2D eigenvalue weighted by Crippen LogP contribution is -2.46. The third kappa shape index (κ3) is 4.83. The number of amides is 2. The van der Waals surface area contributed by atoms with E-state index in [1.807, 2.05) is 24.3 Å². The van der Waals surface area contributed by atoms with Gasteiger partial charge in [-0.1, -0.05) is 35.3 Å². The van der Waals surface area contributed by atoms with Gasteiger partial charge in [0.1, 0.15) is 11.7 Å². The van der Waals surface area contributed by atoms with Crippen molar-refractivity contribution in [2.24, 2.45) is 0 Å². The molecule has 3 aromatic heterocycles. The van der Waals surface area contributed by atoms with E-state index < -0.39 is 6.04 Å². The standard InChI is InChI=1S/C30H21Cl2N5O3/c31-20-7-9-23-25(15-20)35-28(38)26(16-21-5-1-2-11-33-21)37(30(23)40)17-18-6-8-22(24(32)14-18)29(39)36-13-10-19-4-3-12-34-27(19)36/h1-15,26H,16-17H2,(H,35,38). The first-order chi connectivity index (χ1) is 19.4. The summed E-state index contributed by atoms with van der Waals surface area (Å²) in [6.07, 6.45) is 5.13. The van der Waals surface area contributed by atoms with Gasteiger partial charge in [-0.3, -0.25) is 23.9 Å². The van der Waals surface area contributed by atoms with Crippen molar-refractivity contribution >= 4 is 57.6 Å². The Morgan fingerprint density at radius 3 is 2.58 bits per heavy atom. The molecule has 0 aliphatic carbocycles. The molecule has 6 rings (SSSR count). The molecule has 5 aromatic rings. The first-order valence-electron chi connectivity index (χ1n) is 12.5. The average molecular weight is 570 g/mol. The summed E-state index contributed by atoms with van der Waals surface area (Å²) in [6.45, 7) is 0.0774. The van der Waals surface area contributed by atoms with E-state index >= 15 is 0 Å². The second kappa shape index (κ2) is 10.6. The zero-order valence-corrected chi connectivity index (χ0v) is 22.4. The van der Waals surface area contributed by atoms with Gasteiger partial charge in [-0.15, -0.1) is 0 Å². The van der Waals surface area contributed by atoms with Crippen LogP contribution >= 0.6 is 23.2 Å². The van der Waals surface area contributed by atoms with E-state index in [2.05, 4.69) is 15.3 Å². The van der Waals surface area contributed by atoms with Crippen molar-refractivity contribution in [1.29, 1.82) is 0 Å². The van der Waals surface area contributed by atoms with Gasteiger partial charge < -0.3 is 10.2 Å². The molecule has 0 fully saturated rings. The van der Waals surface area contributed by atoms with Crippen LogP contribution in [0.5, 0.6) is 0 Å². The van der Waals surface area contributed by atoms with Gasteiger partial charge in [0, 0.05) is 47.7 Å². The topological polar surface area (TPSA) is 97.2 Å².